The summed E-state index contributed by atoms with van der Waals surface area (Å²) in [6, 6.07) is 0. The van der Waals surface area contributed by atoms with Gasteiger partial charge in [-0.05, 0) is 6.42 Å². The van der Waals surface area contributed by atoms with Crippen molar-refractivity contribution in [2.24, 2.45) is 0 Å². The van der Waals surface area contributed by atoms with E-state index in [1.165, 1.54) is 0 Å². The van der Waals surface area contributed by atoms with Crippen molar-refractivity contribution in [3.05, 3.63) is 0 Å². The van der Waals surface area contributed by atoms with Crippen molar-refractivity contribution in [1.29, 1.82) is 5.41 Å². The van der Waals surface area contributed by atoms with Gasteiger partial charge in [-0.25, -0.2) is 0 Å². The van der Waals surface area contributed by atoms with Crippen molar-refractivity contribution < 1.29 is 0 Å². The molecular weight excluding hydrogens is 120 g/mol. The summed E-state index contributed by atoms with van der Waals surface area (Å²) in [4.78, 5) is 0. The Labute approximate surface area is 54.6 Å². The summed E-state index contributed by atoms with van der Waals surface area (Å²) in [7, 11) is 1.77. The van der Waals surface area contributed by atoms with Crippen LogP contribution in [-0.2, 0) is 0 Å². The molecule has 0 radical (unpaired) electrons. The molecule has 0 heterocycles. The minimum absolute atomic E-state index is 0.562. The molecule has 0 amide bonds. The van der Waals surface area contributed by atoms with E-state index in [1.807, 2.05) is 0 Å². The number of amidine groups is 1. The first-order chi connectivity index (χ1) is 3.81. The van der Waals surface area contributed by atoms with Crippen LogP contribution in [0.2, 0.25) is 0 Å². The van der Waals surface area contributed by atoms with E-state index >= 15 is 0 Å². The molecular formula is C5H12N2S. The molecule has 0 spiro atoms. The zero-order chi connectivity index (χ0) is 6.41. The van der Waals surface area contributed by atoms with E-state index in [2.05, 4.69) is 12.2 Å². The van der Waals surface area contributed by atoms with Gasteiger partial charge in [0.05, 0.1) is 0 Å². The average Bonchev–Trinajstić information content (AvgIpc) is 1.83. The Balaban J connectivity index is 2.99. The summed E-state index contributed by atoms with van der Waals surface area (Å²) >= 11 is 1.55. The van der Waals surface area contributed by atoms with Crippen molar-refractivity contribution >= 4 is 16.9 Å². The van der Waals surface area contributed by atoms with Gasteiger partial charge in [0, 0.05) is 12.8 Å². The van der Waals surface area contributed by atoms with Crippen molar-refractivity contribution in [3.63, 3.8) is 0 Å². The predicted octanol–water partition coefficient (Wildman–Crippen LogP) is 1.28. The smallest absolute Gasteiger partial charge is 0.153 e. The van der Waals surface area contributed by atoms with Crippen molar-refractivity contribution in [2.75, 3.05) is 12.8 Å². The number of hydrogen-bond acceptors (Lipinski definition) is 2. The average molecular weight is 132 g/mol. The van der Waals surface area contributed by atoms with E-state index in [0.717, 1.165) is 12.2 Å². The van der Waals surface area contributed by atoms with Crippen LogP contribution in [-0.4, -0.2) is 18.0 Å². The second-order valence-corrected chi connectivity index (χ2v) is 2.53. The topological polar surface area (TPSA) is 35.9 Å². The van der Waals surface area contributed by atoms with Gasteiger partial charge in [0.25, 0.3) is 0 Å². The zero-order valence-electron chi connectivity index (χ0n) is 5.32. The molecule has 0 saturated heterocycles. The van der Waals surface area contributed by atoms with Gasteiger partial charge in [-0.3, -0.25) is 5.41 Å². The number of hydrogen-bond donors (Lipinski definition) is 2. The molecule has 0 aliphatic rings. The fourth-order valence-electron chi connectivity index (χ4n) is 0.276. The van der Waals surface area contributed by atoms with Crippen LogP contribution in [0.15, 0.2) is 0 Å². The highest BCUT2D eigenvalue weighted by Gasteiger charge is 1.88. The Bertz CT molecular complexity index is 72.8. The maximum atomic E-state index is 7.09. The summed E-state index contributed by atoms with van der Waals surface area (Å²) in [5.74, 6) is 1.04. The van der Waals surface area contributed by atoms with Crippen LogP contribution in [0, 0.1) is 5.41 Å². The van der Waals surface area contributed by atoms with Crippen LogP contribution in [0.25, 0.3) is 0 Å². The molecule has 0 aromatic heterocycles. The second kappa shape index (κ2) is 4.97. The van der Waals surface area contributed by atoms with Crippen LogP contribution in [0.3, 0.4) is 0 Å². The fourth-order valence-corrected chi connectivity index (χ4v) is 0.829. The maximum Gasteiger partial charge on any atom is 0.153 e. The summed E-state index contributed by atoms with van der Waals surface area (Å²) in [5.41, 5.74) is 0. The largest absolute Gasteiger partial charge is 0.368 e. The van der Waals surface area contributed by atoms with E-state index in [0.29, 0.717) is 5.17 Å². The number of rotatable bonds is 2. The Morgan fingerprint density at radius 1 is 1.75 bits per heavy atom. The highest BCUT2D eigenvalue weighted by molar-refractivity contribution is 8.13. The Morgan fingerprint density at radius 3 is 2.75 bits per heavy atom. The van der Waals surface area contributed by atoms with Gasteiger partial charge in [0.1, 0.15) is 0 Å². The zero-order valence-corrected chi connectivity index (χ0v) is 6.14. The van der Waals surface area contributed by atoms with Crippen LogP contribution in [0.4, 0.5) is 0 Å². The molecule has 0 aliphatic carbocycles. The summed E-state index contributed by atoms with van der Waals surface area (Å²) in [6.07, 6.45) is 1.13. The third-order valence-corrected chi connectivity index (χ3v) is 1.78. The molecule has 48 valence electrons. The molecule has 0 unspecified atom stereocenters. The van der Waals surface area contributed by atoms with Gasteiger partial charge in [0.15, 0.2) is 5.17 Å². The Morgan fingerprint density at radius 2 is 2.38 bits per heavy atom. The fraction of sp³-hybridized carbons (Fsp3) is 0.800. The lowest BCUT2D eigenvalue weighted by Crippen LogP contribution is -2.12. The molecule has 0 aromatic carbocycles. The third-order valence-electron chi connectivity index (χ3n) is 0.678. The van der Waals surface area contributed by atoms with Crippen LogP contribution in [0.1, 0.15) is 13.3 Å². The molecule has 3 heteroatoms. The first-order valence-electron chi connectivity index (χ1n) is 2.70. The van der Waals surface area contributed by atoms with E-state index in [-0.39, 0.29) is 0 Å². The Kier molecular flexibility index (Phi) is 4.85. The summed E-state index contributed by atoms with van der Waals surface area (Å²) in [6.45, 7) is 2.11. The van der Waals surface area contributed by atoms with Crippen LogP contribution in [0.5, 0.6) is 0 Å². The van der Waals surface area contributed by atoms with E-state index in [1.54, 1.807) is 18.8 Å². The second-order valence-electron chi connectivity index (χ2n) is 1.43. The normalized spacial score (nSPS) is 8.75. The molecule has 0 aliphatic heterocycles. The molecule has 0 rings (SSSR count). The first-order valence-corrected chi connectivity index (χ1v) is 3.69. The van der Waals surface area contributed by atoms with Crippen LogP contribution >= 0.6 is 11.8 Å². The van der Waals surface area contributed by atoms with E-state index < -0.39 is 0 Å². The number of thioether (sulfide) groups is 1. The molecule has 2 nitrogen and oxygen atoms in total. The molecule has 0 saturated carbocycles. The molecule has 0 atom stereocenters. The quantitative estimate of drug-likeness (QED) is 0.438. The monoisotopic (exact) mass is 132 g/mol. The maximum absolute atomic E-state index is 7.09. The molecule has 2 N–H and O–H groups in total. The SMILES string of the molecule is CCCSC(=N)NC. The minimum atomic E-state index is 0.562. The highest BCUT2D eigenvalue weighted by atomic mass is 32.2. The molecule has 0 aromatic rings. The van der Waals surface area contributed by atoms with E-state index in [9.17, 15) is 0 Å². The first kappa shape index (κ1) is 7.82. The number of nitrogens with one attached hydrogen (secondary N) is 2. The highest BCUT2D eigenvalue weighted by Crippen LogP contribution is 1.99. The van der Waals surface area contributed by atoms with Gasteiger partial charge in [-0.1, -0.05) is 18.7 Å². The Hall–Kier alpha value is -0.180. The molecule has 0 bridgehead atoms. The van der Waals surface area contributed by atoms with Crippen molar-refractivity contribution in [2.45, 2.75) is 13.3 Å². The lowest BCUT2D eigenvalue weighted by molar-refractivity contribution is 1.11. The van der Waals surface area contributed by atoms with Crippen LogP contribution < -0.4 is 5.32 Å². The van der Waals surface area contributed by atoms with Crippen molar-refractivity contribution in [1.82, 2.24) is 5.32 Å². The lowest BCUT2D eigenvalue weighted by atomic mass is 10.6. The lowest BCUT2D eigenvalue weighted by Gasteiger charge is -1.97. The minimum Gasteiger partial charge on any atom is -0.368 e. The van der Waals surface area contributed by atoms with Gasteiger partial charge < -0.3 is 5.32 Å². The van der Waals surface area contributed by atoms with Gasteiger partial charge in [-0.15, -0.1) is 0 Å². The van der Waals surface area contributed by atoms with Gasteiger partial charge in [0.2, 0.25) is 0 Å². The third kappa shape index (κ3) is 3.99. The van der Waals surface area contributed by atoms with E-state index in [4.69, 9.17) is 5.41 Å². The predicted molar refractivity (Wildman–Crippen MR) is 39.5 cm³/mol. The van der Waals surface area contributed by atoms with Gasteiger partial charge in [-0.2, -0.15) is 0 Å². The molecule has 0 fully saturated rings. The molecule has 8 heavy (non-hydrogen) atoms. The summed E-state index contributed by atoms with van der Waals surface area (Å²) in [5, 5.41) is 10.4. The summed E-state index contributed by atoms with van der Waals surface area (Å²) < 4.78 is 0. The standard InChI is InChI=1S/C5H12N2S/c1-3-4-8-5(6)7-2/h3-4H2,1-2H3,(H2,6,7). The van der Waals surface area contributed by atoms with Crippen molar-refractivity contribution in [3.8, 4) is 0 Å². The van der Waals surface area contributed by atoms with Gasteiger partial charge >= 0.3 is 0 Å².